The van der Waals surface area contributed by atoms with E-state index in [2.05, 4.69) is 62.0 Å². The Balaban J connectivity index is 2.43. The monoisotopic (exact) mass is 303 g/mol. The van der Waals surface area contributed by atoms with Crippen molar-refractivity contribution in [2.45, 2.75) is 50.9 Å². The Morgan fingerprint density at radius 1 is 1.24 bits per heavy atom. The highest BCUT2D eigenvalue weighted by molar-refractivity contribution is 7.99. The largest absolute Gasteiger partial charge is 0.313 e. The van der Waals surface area contributed by atoms with E-state index in [-0.39, 0.29) is 0 Å². The van der Waals surface area contributed by atoms with Crippen molar-refractivity contribution in [1.82, 2.24) is 15.1 Å². The van der Waals surface area contributed by atoms with Crippen LogP contribution in [0.5, 0.6) is 0 Å². The molecule has 3 nitrogen and oxygen atoms in total. The molecule has 0 radical (unpaired) electrons. The van der Waals surface area contributed by atoms with Gasteiger partial charge in [0, 0.05) is 17.4 Å². The third-order valence-electron chi connectivity index (χ3n) is 3.58. The first-order chi connectivity index (χ1) is 10.2. The number of benzene rings is 1. The zero-order valence-corrected chi connectivity index (χ0v) is 14.2. The molecular weight excluding hydrogens is 278 g/mol. The predicted molar refractivity (Wildman–Crippen MR) is 91.3 cm³/mol. The van der Waals surface area contributed by atoms with Crippen molar-refractivity contribution in [3.63, 3.8) is 0 Å². The van der Waals surface area contributed by atoms with Crippen LogP contribution in [-0.2, 0) is 6.54 Å². The van der Waals surface area contributed by atoms with E-state index in [9.17, 15) is 0 Å². The summed E-state index contributed by atoms with van der Waals surface area (Å²) in [7, 11) is 0. The molecule has 0 amide bonds. The summed E-state index contributed by atoms with van der Waals surface area (Å²) in [6.45, 7) is 10.6. The summed E-state index contributed by atoms with van der Waals surface area (Å²) in [5.41, 5.74) is 3.57. The number of nitrogens with one attached hydrogen (secondary N) is 1. The molecule has 0 fully saturated rings. The maximum absolute atomic E-state index is 4.78. The van der Waals surface area contributed by atoms with Crippen molar-refractivity contribution in [1.29, 1.82) is 0 Å². The van der Waals surface area contributed by atoms with Crippen LogP contribution in [0.4, 0.5) is 0 Å². The Kier molecular flexibility index (Phi) is 5.88. The molecule has 114 valence electrons. The van der Waals surface area contributed by atoms with Gasteiger partial charge in [-0.3, -0.25) is 0 Å². The maximum Gasteiger partial charge on any atom is 0.105 e. The summed E-state index contributed by atoms with van der Waals surface area (Å²) in [5.74, 6) is 0. The molecule has 4 heteroatoms. The fraction of sp³-hybridized carbons (Fsp3) is 0.471. The molecule has 0 bridgehead atoms. The molecule has 1 unspecified atom stereocenters. The number of para-hydroxylation sites is 1. The minimum absolute atomic E-state index is 0.587. The zero-order chi connectivity index (χ0) is 15.2. The highest BCUT2D eigenvalue weighted by Gasteiger charge is 2.18. The topological polar surface area (TPSA) is 29.9 Å². The van der Waals surface area contributed by atoms with Gasteiger partial charge in [0.05, 0.1) is 11.4 Å². The van der Waals surface area contributed by atoms with E-state index >= 15 is 0 Å². The Morgan fingerprint density at radius 3 is 2.57 bits per heavy atom. The SMILES string of the molecule is CCNCc1c(C)nn(-c2ccccc2)c1SC(C)CC. The molecule has 2 aromatic rings. The minimum Gasteiger partial charge on any atom is -0.313 e. The Hall–Kier alpha value is -1.26. The highest BCUT2D eigenvalue weighted by Crippen LogP contribution is 2.32. The van der Waals surface area contributed by atoms with Crippen LogP contribution in [0.25, 0.3) is 5.69 Å². The molecule has 0 aliphatic heterocycles. The van der Waals surface area contributed by atoms with Gasteiger partial charge in [0.15, 0.2) is 0 Å². The smallest absolute Gasteiger partial charge is 0.105 e. The molecule has 1 heterocycles. The van der Waals surface area contributed by atoms with Crippen LogP contribution in [0.1, 0.15) is 38.4 Å². The van der Waals surface area contributed by atoms with Gasteiger partial charge in [0.1, 0.15) is 5.03 Å². The van der Waals surface area contributed by atoms with Crippen LogP contribution < -0.4 is 5.32 Å². The van der Waals surface area contributed by atoms with Crippen LogP contribution in [0.2, 0.25) is 0 Å². The lowest BCUT2D eigenvalue weighted by molar-refractivity contribution is 0.707. The molecule has 0 spiro atoms. The number of rotatable bonds is 7. The quantitative estimate of drug-likeness (QED) is 0.778. The molecule has 0 aliphatic rings. The van der Waals surface area contributed by atoms with Crippen LogP contribution in [-0.4, -0.2) is 21.6 Å². The number of aromatic nitrogens is 2. The van der Waals surface area contributed by atoms with Crippen LogP contribution in [0.15, 0.2) is 35.4 Å². The van der Waals surface area contributed by atoms with E-state index in [0.29, 0.717) is 5.25 Å². The first-order valence-corrected chi connectivity index (χ1v) is 8.56. The average molecular weight is 303 g/mol. The van der Waals surface area contributed by atoms with Crippen molar-refractivity contribution in [2.75, 3.05) is 6.54 Å². The summed E-state index contributed by atoms with van der Waals surface area (Å²) in [5, 5.41) is 10.1. The van der Waals surface area contributed by atoms with Gasteiger partial charge < -0.3 is 5.32 Å². The maximum atomic E-state index is 4.78. The van der Waals surface area contributed by atoms with Gasteiger partial charge in [0.2, 0.25) is 0 Å². The number of hydrogen-bond acceptors (Lipinski definition) is 3. The van der Waals surface area contributed by atoms with Crippen molar-refractivity contribution >= 4 is 11.8 Å². The van der Waals surface area contributed by atoms with Gasteiger partial charge in [-0.05, 0) is 32.0 Å². The van der Waals surface area contributed by atoms with Gasteiger partial charge >= 0.3 is 0 Å². The molecule has 21 heavy (non-hydrogen) atoms. The second kappa shape index (κ2) is 7.66. The van der Waals surface area contributed by atoms with Gasteiger partial charge in [-0.15, -0.1) is 11.8 Å². The van der Waals surface area contributed by atoms with Gasteiger partial charge in [-0.25, -0.2) is 4.68 Å². The van der Waals surface area contributed by atoms with Crippen LogP contribution >= 0.6 is 11.8 Å². The fourth-order valence-corrected chi connectivity index (χ4v) is 3.29. The van der Waals surface area contributed by atoms with Gasteiger partial charge in [-0.2, -0.15) is 5.10 Å². The zero-order valence-electron chi connectivity index (χ0n) is 13.4. The molecular formula is C17H25N3S. The lowest BCUT2D eigenvalue weighted by Gasteiger charge is -2.13. The number of nitrogens with zero attached hydrogens (tertiary/aromatic N) is 2. The van der Waals surface area contributed by atoms with Crippen molar-refractivity contribution in [3.05, 3.63) is 41.6 Å². The standard InChI is InChI=1S/C17H25N3S/c1-5-13(3)21-17-16(12-18-6-2)14(4)19-20(17)15-10-8-7-9-11-15/h7-11,13,18H,5-6,12H2,1-4H3. The third kappa shape index (κ3) is 3.89. The van der Waals surface area contributed by atoms with Crippen molar-refractivity contribution in [3.8, 4) is 5.69 Å². The van der Waals surface area contributed by atoms with E-state index in [1.54, 1.807) is 0 Å². The molecule has 0 aliphatic carbocycles. The molecule has 1 atom stereocenters. The molecule has 1 aromatic carbocycles. The van der Waals surface area contributed by atoms with E-state index < -0.39 is 0 Å². The fourth-order valence-electron chi connectivity index (χ4n) is 2.13. The van der Waals surface area contributed by atoms with Crippen LogP contribution in [0.3, 0.4) is 0 Å². The summed E-state index contributed by atoms with van der Waals surface area (Å²) in [4.78, 5) is 0. The summed E-state index contributed by atoms with van der Waals surface area (Å²) in [6, 6.07) is 10.4. The predicted octanol–water partition coefficient (Wildman–Crippen LogP) is 4.18. The van der Waals surface area contributed by atoms with E-state index in [1.807, 2.05) is 17.8 Å². The Morgan fingerprint density at radius 2 is 1.95 bits per heavy atom. The van der Waals surface area contributed by atoms with Gasteiger partial charge in [0.25, 0.3) is 0 Å². The van der Waals surface area contributed by atoms with Crippen molar-refractivity contribution < 1.29 is 0 Å². The summed E-state index contributed by atoms with van der Waals surface area (Å²) >= 11 is 1.92. The second-order valence-corrected chi connectivity index (χ2v) is 6.66. The highest BCUT2D eigenvalue weighted by atomic mass is 32.2. The summed E-state index contributed by atoms with van der Waals surface area (Å²) in [6.07, 6.45) is 1.16. The lowest BCUT2D eigenvalue weighted by Crippen LogP contribution is -2.13. The van der Waals surface area contributed by atoms with Crippen LogP contribution in [0, 0.1) is 6.92 Å². The van der Waals surface area contributed by atoms with E-state index in [4.69, 9.17) is 5.10 Å². The summed E-state index contributed by atoms with van der Waals surface area (Å²) < 4.78 is 2.10. The molecule has 1 N–H and O–H groups in total. The van der Waals surface area contributed by atoms with Gasteiger partial charge in [-0.1, -0.05) is 39.0 Å². The normalized spacial score (nSPS) is 12.6. The molecule has 0 saturated heterocycles. The number of thioether (sulfide) groups is 1. The van der Waals surface area contributed by atoms with E-state index in [1.165, 1.54) is 10.6 Å². The Labute approximate surface area is 132 Å². The first kappa shape index (κ1) is 16.1. The average Bonchev–Trinajstić information content (AvgIpc) is 2.82. The second-order valence-electron chi connectivity index (χ2n) is 5.23. The number of hydrogen-bond donors (Lipinski definition) is 1. The number of aryl methyl sites for hydroxylation is 1. The Bertz CT molecular complexity index is 563. The first-order valence-electron chi connectivity index (χ1n) is 7.68. The van der Waals surface area contributed by atoms with Crippen molar-refractivity contribution in [2.24, 2.45) is 0 Å². The molecule has 1 aromatic heterocycles. The van der Waals surface area contributed by atoms with E-state index in [0.717, 1.165) is 30.9 Å². The minimum atomic E-state index is 0.587. The third-order valence-corrected chi connectivity index (χ3v) is 4.96. The molecule has 2 rings (SSSR count). The molecule has 0 saturated carbocycles. The lowest BCUT2D eigenvalue weighted by atomic mass is 10.2.